The number of pyridine rings is 1. The van der Waals surface area contributed by atoms with Crippen LogP contribution in [0, 0.1) is 11.6 Å². The number of anilines is 2. The van der Waals surface area contributed by atoms with Crippen molar-refractivity contribution in [2.75, 3.05) is 11.1 Å². The van der Waals surface area contributed by atoms with Crippen LogP contribution in [0.5, 0.6) is 5.75 Å². The van der Waals surface area contributed by atoms with E-state index in [2.05, 4.69) is 10.3 Å². The van der Waals surface area contributed by atoms with E-state index in [1.807, 2.05) is 0 Å². The van der Waals surface area contributed by atoms with Gasteiger partial charge in [0.2, 0.25) is 5.91 Å². The van der Waals surface area contributed by atoms with Crippen LogP contribution in [0.3, 0.4) is 0 Å². The van der Waals surface area contributed by atoms with Gasteiger partial charge in [0.15, 0.2) is 5.82 Å². The predicted molar refractivity (Wildman–Crippen MR) is 78.9 cm³/mol. The Labute approximate surface area is 130 Å². The third-order valence-electron chi connectivity index (χ3n) is 4.39. The molecule has 0 bridgehead atoms. The van der Waals surface area contributed by atoms with Crippen molar-refractivity contribution in [1.29, 1.82) is 0 Å². The lowest BCUT2D eigenvalue weighted by Gasteiger charge is -2.11. The number of halogens is 2. The summed E-state index contributed by atoms with van der Waals surface area (Å²) in [6.45, 7) is -0.308. The molecule has 1 aromatic carbocycles. The van der Waals surface area contributed by atoms with E-state index in [9.17, 15) is 13.6 Å². The van der Waals surface area contributed by atoms with Crippen molar-refractivity contribution < 1.29 is 18.3 Å². The molecule has 2 aromatic rings. The number of ether oxygens (including phenoxy) is 1. The monoisotopic (exact) mass is 317 g/mol. The fourth-order valence-corrected chi connectivity index (χ4v) is 2.86. The second-order valence-electron chi connectivity index (χ2n) is 5.82. The summed E-state index contributed by atoms with van der Waals surface area (Å²) >= 11 is 0. The van der Waals surface area contributed by atoms with Crippen LogP contribution in [-0.2, 0) is 16.8 Å². The molecule has 118 valence electrons. The number of nitrogens with zero attached hydrogens (tertiary/aromatic N) is 1. The van der Waals surface area contributed by atoms with Gasteiger partial charge in [-0.1, -0.05) is 0 Å². The number of carbonyl (C=O) groups excluding carboxylic acids is 1. The van der Waals surface area contributed by atoms with E-state index in [-0.39, 0.29) is 23.8 Å². The zero-order valence-electron chi connectivity index (χ0n) is 12.0. The number of amides is 1. The van der Waals surface area contributed by atoms with Crippen LogP contribution in [0.2, 0.25) is 0 Å². The van der Waals surface area contributed by atoms with Crippen molar-refractivity contribution in [3.05, 3.63) is 47.2 Å². The molecule has 0 saturated heterocycles. The summed E-state index contributed by atoms with van der Waals surface area (Å²) in [6.07, 6.45) is 2.97. The molecule has 0 radical (unpaired) electrons. The predicted octanol–water partition coefficient (Wildman–Crippen LogP) is 2.50. The first-order chi connectivity index (χ1) is 11.0. The fourth-order valence-electron chi connectivity index (χ4n) is 2.86. The van der Waals surface area contributed by atoms with Crippen LogP contribution in [0.4, 0.5) is 20.3 Å². The molecule has 1 spiro atoms. The quantitative estimate of drug-likeness (QED) is 0.853. The minimum Gasteiger partial charge on any atom is -0.487 e. The highest BCUT2D eigenvalue weighted by Gasteiger charge is 2.57. The highest BCUT2D eigenvalue weighted by Crippen LogP contribution is 2.55. The van der Waals surface area contributed by atoms with E-state index in [0.29, 0.717) is 11.6 Å². The summed E-state index contributed by atoms with van der Waals surface area (Å²) in [5, 5.41) is 2.73. The lowest BCUT2D eigenvalue weighted by atomic mass is 10.00. The molecule has 1 fully saturated rings. The van der Waals surface area contributed by atoms with Crippen molar-refractivity contribution in [3.8, 4) is 5.75 Å². The number of carbonyl (C=O) groups is 1. The lowest BCUT2D eigenvalue weighted by Crippen LogP contribution is -2.18. The topological polar surface area (TPSA) is 77.2 Å². The van der Waals surface area contributed by atoms with Crippen molar-refractivity contribution in [2.24, 2.45) is 0 Å². The number of rotatable bonds is 3. The van der Waals surface area contributed by atoms with Gasteiger partial charge in [-0.15, -0.1) is 0 Å². The number of hydrogen-bond acceptors (Lipinski definition) is 4. The lowest BCUT2D eigenvalue weighted by molar-refractivity contribution is -0.117. The number of nitrogen functional groups attached to an aromatic ring is 1. The highest BCUT2D eigenvalue weighted by molar-refractivity contribution is 6.07. The van der Waals surface area contributed by atoms with E-state index in [4.69, 9.17) is 10.5 Å². The Hall–Kier alpha value is -2.70. The Morgan fingerprint density at radius 3 is 2.87 bits per heavy atom. The Kier molecular flexibility index (Phi) is 2.81. The molecule has 2 heterocycles. The molecule has 1 amide bonds. The zero-order chi connectivity index (χ0) is 16.2. The molecule has 1 aromatic heterocycles. The average molecular weight is 317 g/mol. The van der Waals surface area contributed by atoms with Crippen LogP contribution in [-0.4, -0.2) is 10.9 Å². The molecule has 0 unspecified atom stereocenters. The van der Waals surface area contributed by atoms with Gasteiger partial charge in [-0.3, -0.25) is 4.79 Å². The van der Waals surface area contributed by atoms with Gasteiger partial charge < -0.3 is 15.8 Å². The summed E-state index contributed by atoms with van der Waals surface area (Å²) in [4.78, 5) is 16.1. The molecule has 2 aliphatic rings. The summed E-state index contributed by atoms with van der Waals surface area (Å²) in [6, 6.07) is 3.97. The number of aromatic nitrogens is 1. The van der Waals surface area contributed by atoms with Crippen molar-refractivity contribution in [1.82, 2.24) is 4.98 Å². The molecular weight excluding hydrogens is 304 g/mol. The molecule has 4 rings (SSSR count). The van der Waals surface area contributed by atoms with Crippen molar-refractivity contribution in [3.63, 3.8) is 0 Å². The first-order valence-corrected chi connectivity index (χ1v) is 7.18. The summed E-state index contributed by atoms with van der Waals surface area (Å²) in [5.74, 6) is -0.713. The highest BCUT2D eigenvalue weighted by atomic mass is 19.1. The molecule has 23 heavy (non-hydrogen) atoms. The van der Waals surface area contributed by atoms with Crippen molar-refractivity contribution >= 4 is 17.4 Å². The molecule has 3 N–H and O–H groups in total. The minimum atomic E-state index is -0.824. The third kappa shape index (κ3) is 2.03. The minimum absolute atomic E-state index is 0.0509. The Balaban J connectivity index is 1.59. The van der Waals surface area contributed by atoms with E-state index >= 15 is 0 Å². The average Bonchev–Trinajstić information content (AvgIpc) is 3.29. The van der Waals surface area contributed by atoms with E-state index < -0.39 is 17.0 Å². The maximum absolute atomic E-state index is 13.9. The van der Waals surface area contributed by atoms with Crippen molar-refractivity contribution in [2.45, 2.75) is 24.9 Å². The Bertz CT molecular complexity index is 834. The van der Waals surface area contributed by atoms with Gasteiger partial charge in [0.25, 0.3) is 0 Å². The second-order valence-corrected chi connectivity index (χ2v) is 5.82. The second kappa shape index (κ2) is 4.65. The first kappa shape index (κ1) is 13.9. The van der Waals surface area contributed by atoms with Crippen LogP contribution < -0.4 is 15.8 Å². The van der Waals surface area contributed by atoms with Gasteiger partial charge in [-0.2, -0.15) is 0 Å². The van der Waals surface area contributed by atoms with Gasteiger partial charge in [0, 0.05) is 5.56 Å². The van der Waals surface area contributed by atoms with Gasteiger partial charge in [-0.25, -0.2) is 13.8 Å². The van der Waals surface area contributed by atoms with Gasteiger partial charge in [0.1, 0.15) is 24.0 Å². The first-order valence-electron chi connectivity index (χ1n) is 7.18. The van der Waals surface area contributed by atoms with Crippen LogP contribution >= 0.6 is 0 Å². The maximum Gasteiger partial charge on any atom is 0.236 e. The van der Waals surface area contributed by atoms with E-state index in [1.165, 1.54) is 12.3 Å². The van der Waals surface area contributed by atoms with Gasteiger partial charge >= 0.3 is 0 Å². The SMILES string of the molecule is Nc1ccc(F)c(COc2cnc3c(c2)C2(CC2)C(=O)N3)c1F. The number of benzene rings is 1. The largest absolute Gasteiger partial charge is 0.487 e. The number of nitrogens with two attached hydrogens (primary N) is 1. The maximum atomic E-state index is 13.9. The van der Waals surface area contributed by atoms with Gasteiger partial charge in [-0.05, 0) is 31.0 Å². The third-order valence-corrected chi connectivity index (χ3v) is 4.39. The number of nitrogens with one attached hydrogen (secondary N) is 1. The molecule has 1 aliphatic heterocycles. The van der Waals surface area contributed by atoms with Crippen LogP contribution in [0.1, 0.15) is 24.0 Å². The smallest absolute Gasteiger partial charge is 0.236 e. The Morgan fingerprint density at radius 2 is 2.13 bits per heavy atom. The van der Waals surface area contributed by atoms with Crippen LogP contribution in [0.15, 0.2) is 24.4 Å². The molecule has 0 atom stereocenters. The molecular formula is C16H13F2N3O2. The number of fused-ring (bicyclic) bond motifs is 2. The zero-order valence-corrected chi connectivity index (χ0v) is 12.0. The fraction of sp³-hybridized carbons (Fsp3) is 0.250. The molecule has 1 aliphatic carbocycles. The molecule has 5 nitrogen and oxygen atoms in total. The normalized spacial score (nSPS) is 17.0. The standard InChI is InChI=1S/C16H13F2N3O2/c17-11-1-2-12(19)13(18)9(11)7-23-8-5-10-14(20-6-8)21-15(22)16(10)3-4-16/h1-2,5-6H,3-4,7,19H2,(H,20,21,22). The van der Waals surface area contributed by atoms with Crippen LogP contribution in [0.25, 0.3) is 0 Å². The molecule has 1 saturated carbocycles. The number of hydrogen-bond donors (Lipinski definition) is 2. The summed E-state index contributed by atoms with van der Waals surface area (Å²) in [7, 11) is 0. The Morgan fingerprint density at radius 1 is 1.35 bits per heavy atom. The summed E-state index contributed by atoms with van der Waals surface area (Å²) < 4.78 is 33.0. The summed E-state index contributed by atoms with van der Waals surface area (Å²) in [5.41, 5.74) is 5.36. The van der Waals surface area contributed by atoms with Gasteiger partial charge in [0.05, 0.1) is 22.9 Å². The van der Waals surface area contributed by atoms with E-state index in [0.717, 1.165) is 24.5 Å². The van der Waals surface area contributed by atoms with E-state index in [1.54, 1.807) is 6.07 Å². The molecule has 7 heteroatoms.